The van der Waals surface area contributed by atoms with Crippen LogP contribution in [0.4, 0.5) is 13.2 Å². The third kappa shape index (κ3) is 2.83. The van der Waals surface area contributed by atoms with Crippen molar-refractivity contribution in [3.05, 3.63) is 36.0 Å². The molecule has 2 aliphatic heterocycles. The maximum Gasteiger partial charge on any atom is 0.406 e. The number of benzene rings is 1. The molecule has 2 fully saturated rings. The zero-order chi connectivity index (χ0) is 18.5. The second-order valence-electron chi connectivity index (χ2n) is 6.75. The smallest absolute Gasteiger partial charge is 0.327 e. The summed E-state index contributed by atoms with van der Waals surface area (Å²) in [7, 11) is 0. The summed E-state index contributed by atoms with van der Waals surface area (Å²) in [6, 6.07) is 8.17. The predicted octanol–water partition coefficient (Wildman–Crippen LogP) is 3.00. The van der Waals surface area contributed by atoms with Crippen molar-refractivity contribution in [1.82, 2.24) is 14.4 Å². The summed E-state index contributed by atoms with van der Waals surface area (Å²) in [5, 5.41) is 0.594. The Bertz CT molecular complexity index is 874. The van der Waals surface area contributed by atoms with Gasteiger partial charge < -0.3 is 14.4 Å². The lowest BCUT2D eigenvalue weighted by Crippen LogP contribution is -2.55. The molecule has 2 aliphatic rings. The highest BCUT2D eigenvalue weighted by molar-refractivity contribution is 5.99. The summed E-state index contributed by atoms with van der Waals surface area (Å²) >= 11 is 0. The normalized spacial score (nSPS) is 20.7. The monoisotopic (exact) mass is 365 g/mol. The van der Waals surface area contributed by atoms with E-state index in [4.69, 9.17) is 0 Å². The first-order chi connectivity index (χ1) is 12.3. The van der Waals surface area contributed by atoms with Gasteiger partial charge in [-0.2, -0.15) is 13.2 Å². The first-order valence-electron chi connectivity index (χ1n) is 8.60. The molecule has 138 valence electrons. The summed E-state index contributed by atoms with van der Waals surface area (Å²) in [6.45, 7) is -0.381. The molecule has 8 heteroatoms. The predicted molar refractivity (Wildman–Crippen MR) is 88.4 cm³/mol. The molecule has 0 bridgehead atoms. The molecule has 3 heterocycles. The second kappa shape index (κ2) is 6.03. The van der Waals surface area contributed by atoms with Gasteiger partial charge in [-0.05, 0) is 25.0 Å². The van der Waals surface area contributed by atoms with Gasteiger partial charge in [0, 0.05) is 30.4 Å². The van der Waals surface area contributed by atoms with Crippen LogP contribution < -0.4 is 0 Å². The molecule has 1 aromatic carbocycles. The van der Waals surface area contributed by atoms with Crippen molar-refractivity contribution < 1.29 is 22.8 Å². The van der Waals surface area contributed by atoms with Gasteiger partial charge in [-0.1, -0.05) is 18.2 Å². The molecule has 0 saturated carbocycles. The Morgan fingerprint density at radius 1 is 1.19 bits per heavy atom. The van der Waals surface area contributed by atoms with E-state index in [1.54, 1.807) is 34.1 Å². The Morgan fingerprint density at radius 3 is 2.73 bits per heavy atom. The number of amides is 2. The SMILES string of the molecule is O=C1CCN(C(=O)c2cc3ccccc3n2CC(F)(F)F)C2CCCN12. The largest absolute Gasteiger partial charge is 0.406 e. The van der Waals surface area contributed by atoms with Gasteiger partial charge in [-0.3, -0.25) is 9.59 Å². The number of fused-ring (bicyclic) bond motifs is 2. The van der Waals surface area contributed by atoms with Gasteiger partial charge in [-0.15, -0.1) is 0 Å². The van der Waals surface area contributed by atoms with E-state index >= 15 is 0 Å². The topological polar surface area (TPSA) is 45.6 Å². The van der Waals surface area contributed by atoms with E-state index in [0.717, 1.165) is 11.0 Å². The standard InChI is InChI=1S/C18H18F3N3O2/c19-18(20,21)11-24-13-5-2-1-4-12(13)10-14(24)17(26)23-9-7-16(25)22-8-3-6-15(22)23/h1-2,4-5,10,15H,3,6-9,11H2. The molecule has 26 heavy (non-hydrogen) atoms. The third-order valence-corrected chi connectivity index (χ3v) is 5.10. The van der Waals surface area contributed by atoms with Crippen LogP contribution in [-0.2, 0) is 11.3 Å². The number of carbonyl (C=O) groups excluding carboxylic acids is 2. The van der Waals surface area contributed by atoms with Crippen LogP contribution in [0.15, 0.2) is 30.3 Å². The molecule has 1 unspecified atom stereocenters. The zero-order valence-electron chi connectivity index (χ0n) is 14.0. The minimum Gasteiger partial charge on any atom is -0.327 e. The van der Waals surface area contributed by atoms with Gasteiger partial charge in [0.1, 0.15) is 18.4 Å². The van der Waals surface area contributed by atoms with Crippen molar-refractivity contribution in [2.24, 2.45) is 0 Å². The van der Waals surface area contributed by atoms with Crippen molar-refractivity contribution >= 4 is 22.7 Å². The Hall–Kier alpha value is -2.51. The maximum atomic E-state index is 13.1. The average Bonchev–Trinajstić information content (AvgIpc) is 3.20. The van der Waals surface area contributed by atoms with E-state index < -0.39 is 18.6 Å². The number of carbonyl (C=O) groups is 2. The molecule has 1 aromatic heterocycles. The molecular formula is C18H18F3N3O2. The van der Waals surface area contributed by atoms with E-state index in [9.17, 15) is 22.8 Å². The highest BCUT2D eigenvalue weighted by Crippen LogP contribution is 2.30. The summed E-state index contributed by atoms with van der Waals surface area (Å²) in [6.07, 6.45) is -3.11. The van der Waals surface area contributed by atoms with Crippen molar-refractivity contribution in [2.45, 2.75) is 38.1 Å². The Kier molecular flexibility index (Phi) is 3.93. The second-order valence-corrected chi connectivity index (χ2v) is 6.75. The van der Waals surface area contributed by atoms with Gasteiger partial charge in [-0.25, -0.2) is 0 Å². The highest BCUT2D eigenvalue weighted by Gasteiger charge is 2.41. The van der Waals surface area contributed by atoms with Crippen molar-refractivity contribution in [2.75, 3.05) is 13.1 Å². The van der Waals surface area contributed by atoms with E-state index in [2.05, 4.69) is 0 Å². The summed E-state index contributed by atoms with van der Waals surface area (Å²) in [5.74, 6) is -0.442. The van der Waals surface area contributed by atoms with Crippen LogP contribution in [0.3, 0.4) is 0 Å². The number of halogens is 3. The van der Waals surface area contributed by atoms with Gasteiger partial charge in [0.2, 0.25) is 5.91 Å². The quantitative estimate of drug-likeness (QED) is 0.821. The Balaban J connectivity index is 1.75. The Labute approximate surface area is 148 Å². The fourth-order valence-corrected chi connectivity index (χ4v) is 3.99. The van der Waals surface area contributed by atoms with Gasteiger partial charge >= 0.3 is 6.18 Å². The first-order valence-corrected chi connectivity index (χ1v) is 8.60. The van der Waals surface area contributed by atoms with Crippen LogP contribution in [0.1, 0.15) is 29.8 Å². The van der Waals surface area contributed by atoms with Crippen molar-refractivity contribution in [1.29, 1.82) is 0 Å². The van der Waals surface area contributed by atoms with Gasteiger partial charge in [0.05, 0.1) is 0 Å². The molecule has 0 aliphatic carbocycles. The van der Waals surface area contributed by atoms with Crippen LogP contribution in [-0.4, -0.2) is 51.6 Å². The first kappa shape index (κ1) is 16.9. The summed E-state index contributed by atoms with van der Waals surface area (Å²) in [5.41, 5.74) is 0.397. The lowest BCUT2D eigenvalue weighted by atomic mass is 10.2. The van der Waals surface area contributed by atoms with Crippen LogP contribution >= 0.6 is 0 Å². The number of aromatic nitrogens is 1. The van der Waals surface area contributed by atoms with Crippen LogP contribution in [0.5, 0.6) is 0 Å². The van der Waals surface area contributed by atoms with Crippen molar-refractivity contribution in [3.63, 3.8) is 0 Å². The zero-order valence-corrected chi connectivity index (χ0v) is 14.0. The van der Waals surface area contributed by atoms with E-state index in [0.29, 0.717) is 23.9 Å². The van der Waals surface area contributed by atoms with Crippen LogP contribution in [0, 0.1) is 0 Å². The molecule has 2 amide bonds. The minimum atomic E-state index is -4.44. The number of alkyl halides is 3. The molecule has 5 nitrogen and oxygen atoms in total. The number of rotatable bonds is 2. The van der Waals surface area contributed by atoms with Gasteiger partial charge in [0.15, 0.2) is 0 Å². The molecule has 1 atom stereocenters. The lowest BCUT2D eigenvalue weighted by Gasteiger charge is -2.39. The number of hydrogen-bond acceptors (Lipinski definition) is 2. The van der Waals surface area contributed by atoms with E-state index in [1.807, 2.05) is 0 Å². The number of hydrogen-bond donors (Lipinski definition) is 0. The van der Waals surface area contributed by atoms with Crippen LogP contribution in [0.25, 0.3) is 10.9 Å². The summed E-state index contributed by atoms with van der Waals surface area (Å²) in [4.78, 5) is 28.4. The third-order valence-electron chi connectivity index (χ3n) is 5.10. The number of nitrogens with zero attached hydrogens (tertiary/aromatic N) is 3. The summed E-state index contributed by atoms with van der Waals surface area (Å²) < 4.78 is 40.3. The fraction of sp³-hybridized carbons (Fsp3) is 0.444. The van der Waals surface area contributed by atoms with E-state index in [1.165, 1.54) is 6.07 Å². The van der Waals surface area contributed by atoms with Crippen LogP contribution in [0.2, 0.25) is 0 Å². The molecular weight excluding hydrogens is 347 g/mol. The molecule has 0 spiro atoms. The fourth-order valence-electron chi connectivity index (χ4n) is 3.99. The highest BCUT2D eigenvalue weighted by atomic mass is 19.4. The molecule has 0 radical (unpaired) electrons. The van der Waals surface area contributed by atoms with Gasteiger partial charge in [0.25, 0.3) is 5.91 Å². The molecule has 4 rings (SSSR count). The maximum absolute atomic E-state index is 13.1. The number of para-hydroxylation sites is 1. The molecule has 2 saturated heterocycles. The Morgan fingerprint density at radius 2 is 1.96 bits per heavy atom. The molecule has 0 N–H and O–H groups in total. The lowest BCUT2D eigenvalue weighted by molar-refractivity contribution is -0.140. The van der Waals surface area contributed by atoms with Crippen molar-refractivity contribution in [3.8, 4) is 0 Å². The molecule has 2 aromatic rings. The van der Waals surface area contributed by atoms with E-state index in [-0.39, 0.29) is 30.7 Å². The minimum absolute atomic E-state index is 0.00684. The average molecular weight is 365 g/mol.